The number of carbonyl (C=O) groups excluding carboxylic acids is 2. The Labute approximate surface area is 162 Å². The molecule has 0 unspecified atom stereocenters. The molecule has 1 aliphatic heterocycles. The second kappa shape index (κ2) is 8.45. The number of hydrogen-bond donors (Lipinski definition) is 0. The average molecular weight is 380 g/mol. The lowest BCUT2D eigenvalue weighted by Crippen LogP contribution is -2.41. The van der Waals surface area contributed by atoms with Crippen molar-refractivity contribution in [3.8, 4) is 5.75 Å². The largest absolute Gasteiger partial charge is 0.497 e. The van der Waals surface area contributed by atoms with Crippen molar-refractivity contribution in [3.05, 3.63) is 75.7 Å². The van der Waals surface area contributed by atoms with Gasteiger partial charge in [0.1, 0.15) is 24.4 Å². The van der Waals surface area contributed by atoms with Gasteiger partial charge in [-0.05, 0) is 47.7 Å². The summed E-state index contributed by atoms with van der Waals surface area (Å²) in [6.45, 7) is 1.95. The van der Waals surface area contributed by atoms with E-state index in [1.54, 1.807) is 13.2 Å². The summed E-state index contributed by atoms with van der Waals surface area (Å²) in [5.74, 6) is 0.115. The van der Waals surface area contributed by atoms with Gasteiger partial charge in [0.05, 0.1) is 7.11 Å². The first-order chi connectivity index (χ1) is 13.5. The monoisotopic (exact) mass is 380 g/mol. The maximum atomic E-state index is 13.1. The number of nitrogens with zero attached hydrogens (tertiary/aromatic N) is 4. The Hall–Kier alpha value is -3.51. The predicted octanol–water partition coefficient (Wildman–Crippen LogP) is 3.95. The van der Waals surface area contributed by atoms with Gasteiger partial charge >= 0.3 is 6.09 Å². The molecule has 2 aromatic rings. The van der Waals surface area contributed by atoms with Crippen LogP contribution in [0.5, 0.6) is 5.75 Å². The van der Waals surface area contributed by atoms with Crippen molar-refractivity contribution in [2.75, 3.05) is 13.7 Å². The quantitative estimate of drug-likeness (QED) is 0.430. The summed E-state index contributed by atoms with van der Waals surface area (Å²) in [5, 5.41) is 3.66. The molecular formula is C20H20N4O4. The molecule has 0 radical (unpaired) electrons. The number of azide groups is 1. The van der Waals surface area contributed by atoms with Crippen LogP contribution >= 0.6 is 0 Å². The molecule has 1 fully saturated rings. The molecule has 8 nitrogen and oxygen atoms in total. The van der Waals surface area contributed by atoms with Gasteiger partial charge in [-0.15, -0.1) is 0 Å². The van der Waals surface area contributed by atoms with E-state index in [4.69, 9.17) is 15.0 Å². The number of cyclic esters (lactones) is 1. The first-order valence-electron chi connectivity index (χ1n) is 8.77. The molecule has 1 aliphatic rings. The molecule has 2 atom stereocenters. The Bertz CT molecular complexity index is 925. The Balaban J connectivity index is 1.88. The lowest BCUT2D eigenvalue weighted by Gasteiger charge is -2.23. The van der Waals surface area contributed by atoms with Gasteiger partial charge in [0, 0.05) is 4.91 Å². The number of imide groups is 1. The number of ether oxygens (including phenoxy) is 2. The summed E-state index contributed by atoms with van der Waals surface area (Å²) >= 11 is 0. The van der Waals surface area contributed by atoms with Gasteiger partial charge in [-0.1, -0.05) is 41.5 Å². The Morgan fingerprint density at radius 1 is 1.36 bits per heavy atom. The van der Waals surface area contributed by atoms with Crippen LogP contribution in [0.15, 0.2) is 53.6 Å². The zero-order valence-corrected chi connectivity index (χ0v) is 15.6. The van der Waals surface area contributed by atoms with Crippen molar-refractivity contribution in [3.63, 3.8) is 0 Å². The Kier molecular flexibility index (Phi) is 5.81. The van der Waals surface area contributed by atoms with Crippen LogP contribution in [0.1, 0.15) is 22.7 Å². The highest BCUT2D eigenvalue weighted by Gasteiger charge is 2.41. The summed E-state index contributed by atoms with van der Waals surface area (Å²) in [6, 6.07) is 13.0. The summed E-state index contributed by atoms with van der Waals surface area (Å²) in [6.07, 6.45) is -0.562. The number of hydrogen-bond acceptors (Lipinski definition) is 5. The third-order valence-corrected chi connectivity index (χ3v) is 4.73. The fraction of sp³-hybridized carbons (Fsp3) is 0.300. The fourth-order valence-electron chi connectivity index (χ4n) is 3.22. The molecule has 2 amide bonds. The normalized spacial score (nSPS) is 16.9. The van der Waals surface area contributed by atoms with E-state index in [1.165, 1.54) is 0 Å². The zero-order valence-electron chi connectivity index (χ0n) is 15.6. The Morgan fingerprint density at radius 2 is 2.11 bits per heavy atom. The molecule has 3 rings (SSSR count). The Morgan fingerprint density at radius 3 is 2.75 bits per heavy atom. The van der Waals surface area contributed by atoms with Crippen LogP contribution in [0.2, 0.25) is 0 Å². The highest BCUT2D eigenvalue weighted by atomic mass is 16.6. The van der Waals surface area contributed by atoms with E-state index in [0.29, 0.717) is 5.75 Å². The maximum Gasteiger partial charge on any atom is 0.417 e. The van der Waals surface area contributed by atoms with E-state index < -0.39 is 24.1 Å². The third-order valence-electron chi connectivity index (χ3n) is 4.73. The molecule has 1 saturated heterocycles. The van der Waals surface area contributed by atoms with Crippen molar-refractivity contribution in [1.29, 1.82) is 0 Å². The predicted molar refractivity (Wildman–Crippen MR) is 102 cm³/mol. The highest BCUT2D eigenvalue weighted by molar-refractivity contribution is 5.96. The lowest BCUT2D eigenvalue weighted by molar-refractivity contribution is -0.130. The summed E-state index contributed by atoms with van der Waals surface area (Å²) < 4.78 is 10.3. The summed E-state index contributed by atoms with van der Waals surface area (Å²) in [7, 11) is 1.57. The fourth-order valence-corrected chi connectivity index (χ4v) is 3.22. The minimum Gasteiger partial charge on any atom is -0.497 e. The van der Waals surface area contributed by atoms with Crippen LogP contribution in [0.3, 0.4) is 0 Å². The lowest BCUT2D eigenvalue weighted by atomic mass is 9.99. The van der Waals surface area contributed by atoms with E-state index in [-0.39, 0.29) is 13.0 Å². The molecular weight excluding hydrogens is 360 g/mol. The van der Waals surface area contributed by atoms with Crippen LogP contribution in [-0.4, -0.2) is 36.7 Å². The molecule has 8 heteroatoms. The van der Waals surface area contributed by atoms with Crippen molar-refractivity contribution < 1.29 is 19.1 Å². The van der Waals surface area contributed by atoms with Gasteiger partial charge in [-0.25, -0.2) is 9.69 Å². The zero-order chi connectivity index (χ0) is 20.1. The second-order valence-corrected chi connectivity index (χ2v) is 6.43. The number of carbonyl (C=O) groups is 2. The second-order valence-electron chi connectivity index (χ2n) is 6.43. The van der Waals surface area contributed by atoms with Crippen LogP contribution in [-0.2, 0) is 16.0 Å². The van der Waals surface area contributed by atoms with E-state index in [1.807, 2.05) is 49.4 Å². The number of benzene rings is 2. The van der Waals surface area contributed by atoms with Crippen molar-refractivity contribution in [2.45, 2.75) is 25.4 Å². The average Bonchev–Trinajstić information content (AvgIpc) is 3.10. The highest BCUT2D eigenvalue weighted by Crippen LogP contribution is 2.29. The van der Waals surface area contributed by atoms with Crippen molar-refractivity contribution in [2.24, 2.45) is 5.11 Å². The van der Waals surface area contributed by atoms with Crippen molar-refractivity contribution in [1.82, 2.24) is 4.90 Å². The van der Waals surface area contributed by atoms with Gasteiger partial charge in [-0.2, -0.15) is 0 Å². The third kappa shape index (κ3) is 3.92. The van der Waals surface area contributed by atoms with Gasteiger partial charge in [0.2, 0.25) is 5.91 Å². The summed E-state index contributed by atoms with van der Waals surface area (Å²) in [4.78, 5) is 29.2. The van der Waals surface area contributed by atoms with Crippen LogP contribution in [0, 0.1) is 6.92 Å². The SMILES string of the molecule is COc1ccc(C[C@@H](N=[N+]=[N-])C(=O)N2C(=O)OC[C@H]2c2ccccc2)c(C)c1. The van der Waals surface area contributed by atoms with Crippen LogP contribution < -0.4 is 4.74 Å². The molecule has 0 N–H and O–H groups in total. The molecule has 28 heavy (non-hydrogen) atoms. The van der Waals surface area contributed by atoms with Gasteiger partial charge in [0.15, 0.2) is 0 Å². The van der Waals surface area contributed by atoms with Gasteiger partial charge < -0.3 is 9.47 Å². The molecule has 2 aromatic carbocycles. The van der Waals surface area contributed by atoms with E-state index >= 15 is 0 Å². The number of amides is 2. The summed E-state index contributed by atoms with van der Waals surface area (Å²) in [5.41, 5.74) is 11.5. The number of methoxy groups -OCH3 is 1. The first-order valence-corrected chi connectivity index (χ1v) is 8.77. The molecule has 144 valence electrons. The van der Waals surface area contributed by atoms with Gasteiger partial charge in [0.25, 0.3) is 0 Å². The molecule has 1 heterocycles. The van der Waals surface area contributed by atoms with Crippen molar-refractivity contribution >= 4 is 12.0 Å². The molecule has 0 spiro atoms. The molecule has 0 saturated carbocycles. The topological polar surface area (TPSA) is 105 Å². The van der Waals surface area contributed by atoms with E-state index in [2.05, 4.69) is 10.0 Å². The maximum absolute atomic E-state index is 13.1. The van der Waals surface area contributed by atoms with E-state index in [9.17, 15) is 9.59 Å². The minimum atomic E-state index is -1.06. The minimum absolute atomic E-state index is 0.0686. The first kappa shape index (κ1) is 19.3. The van der Waals surface area contributed by atoms with Crippen LogP contribution in [0.4, 0.5) is 4.79 Å². The molecule has 0 aromatic heterocycles. The van der Waals surface area contributed by atoms with Crippen LogP contribution in [0.25, 0.3) is 10.4 Å². The standard InChI is InChI=1S/C20H20N4O4/c1-13-10-16(27-2)9-8-15(13)11-17(22-23-21)19(25)24-18(12-28-20(24)26)14-6-4-3-5-7-14/h3-10,17-18H,11-12H2,1-2H3/t17-,18+/m1/s1. The smallest absolute Gasteiger partial charge is 0.417 e. The van der Waals surface area contributed by atoms with Gasteiger partial charge in [-0.3, -0.25) is 4.79 Å². The molecule has 0 bridgehead atoms. The number of aryl methyl sites for hydroxylation is 1. The van der Waals surface area contributed by atoms with E-state index in [0.717, 1.165) is 21.6 Å². The molecule has 0 aliphatic carbocycles. The number of rotatable bonds is 6.